The lowest BCUT2D eigenvalue weighted by molar-refractivity contribution is 0.249. The van der Waals surface area contributed by atoms with E-state index in [1.54, 1.807) is 0 Å². The standard InChI is InChI=1S/C22H27N5O/c1-15-5-3-4-6-19(15)17-9-11-27(14-17)12-10-23-22(28)26-18-7-8-20-21(13-18)25-16(2)24-20/h3-8,13,17H,9-12,14H2,1-2H3,(H,24,25)(H2,23,26,28). The van der Waals surface area contributed by atoms with Crippen molar-refractivity contribution in [2.45, 2.75) is 26.2 Å². The minimum absolute atomic E-state index is 0.176. The number of nitrogens with zero attached hydrogens (tertiary/aromatic N) is 2. The largest absolute Gasteiger partial charge is 0.342 e. The molecule has 0 spiro atoms. The summed E-state index contributed by atoms with van der Waals surface area (Å²) >= 11 is 0. The van der Waals surface area contributed by atoms with Gasteiger partial charge in [-0.1, -0.05) is 24.3 Å². The third-order valence-corrected chi connectivity index (χ3v) is 5.47. The number of fused-ring (bicyclic) bond motifs is 1. The Morgan fingerprint density at radius 3 is 2.96 bits per heavy atom. The Labute approximate surface area is 165 Å². The van der Waals surface area contributed by atoms with E-state index >= 15 is 0 Å². The Hall–Kier alpha value is -2.86. The number of nitrogens with one attached hydrogen (secondary N) is 3. The molecule has 1 fully saturated rings. The lowest BCUT2D eigenvalue weighted by Gasteiger charge is -2.17. The first-order valence-corrected chi connectivity index (χ1v) is 9.87. The van der Waals surface area contributed by atoms with Crippen LogP contribution >= 0.6 is 0 Å². The normalized spacial score (nSPS) is 17.1. The molecule has 1 aliphatic rings. The second-order valence-electron chi connectivity index (χ2n) is 7.58. The van der Waals surface area contributed by atoms with Crippen LogP contribution < -0.4 is 10.6 Å². The molecular formula is C22H27N5O. The van der Waals surface area contributed by atoms with Crippen LogP contribution in [0.3, 0.4) is 0 Å². The van der Waals surface area contributed by atoms with Gasteiger partial charge in [0.05, 0.1) is 11.0 Å². The average molecular weight is 377 g/mol. The summed E-state index contributed by atoms with van der Waals surface area (Å²) < 4.78 is 0. The molecule has 1 aliphatic heterocycles. The van der Waals surface area contributed by atoms with E-state index in [2.05, 4.69) is 56.7 Å². The summed E-state index contributed by atoms with van der Waals surface area (Å²) in [6.07, 6.45) is 1.18. The molecule has 6 nitrogen and oxygen atoms in total. The minimum atomic E-state index is -0.176. The first kappa shape index (κ1) is 18.5. The summed E-state index contributed by atoms with van der Waals surface area (Å²) in [4.78, 5) is 22.2. The molecule has 28 heavy (non-hydrogen) atoms. The van der Waals surface area contributed by atoms with Crippen LogP contribution in [0.15, 0.2) is 42.5 Å². The Morgan fingerprint density at radius 1 is 1.25 bits per heavy atom. The maximum atomic E-state index is 12.2. The highest BCUT2D eigenvalue weighted by Gasteiger charge is 2.24. The van der Waals surface area contributed by atoms with E-state index in [0.717, 1.165) is 42.2 Å². The molecule has 2 heterocycles. The number of hydrogen-bond donors (Lipinski definition) is 3. The van der Waals surface area contributed by atoms with E-state index in [9.17, 15) is 4.79 Å². The summed E-state index contributed by atoms with van der Waals surface area (Å²) in [6, 6.07) is 14.2. The van der Waals surface area contributed by atoms with Gasteiger partial charge in [0.15, 0.2) is 0 Å². The van der Waals surface area contributed by atoms with Crippen LogP contribution in [-0.4, -0.2) is 47.1 Å². The van der Waals surface area contributed by atoms with Crippen molar-refractivity contribution in [1.82, 2.24) is 20.2 Å². The number of urea groups is 1. The number of aryl methyl sites for hydroxylation is 2. The van der Waals surface area contributed by atoms with Crippen LogP contribution in [0, 0.1) is 13.8 Å². The van der Waals surface area contributed by atoms with Crippen molar-refractivity contribution in [2.24, 2.45) is 0 Å². The van der Waals surface area contributed by atoms with Crippen molar-refractivity contribution in [2.75, 3.05) is 31.5 Å². The zero-order valence-corrected chi connectivity index (χ0v) is 16.5. The zero-order valence-electron chi connectivity index (χ0n) is 16.5. The maximum absolute atomic E-state index is 12.2. The molecule has 1 saturated heterocycles. The second kappa shape index (κ2) is 8.02. The number of carbonyl (C=O) groups is 1. The number of carbonyl (C=O) groups excluding carboxylic acids is 1. The van der Waals surface area contributed by atoms with E-state index in [4.69, 9.17) is 0 Å². The fourth-order valence-corrected chi connectivity index (χ4v) is 4.05. The number of amides is 2. The average Bonchev–Trinajstić information content (AvgIpc) is 3.27. The Balaban J connectivity index is 1.23. The first-order chi connectivity index (χ1) is 13.6. The van der Waals surface area contributed by atoms with Gasteiger partial charge in [0.2, 0.25) is 0 Å². The molecule has 4 rings (SSSR count). The number of rotatable bonds is 5. The van der Waals surface area contributed by atoms with Gasteiger partial charge >= 0.3 is 6.03 Å². The van der Waals surface area contributed by atoms with E-state index in [1.807, 2.05) is 25.1 Å². The van der Waals surface area contributed by atoms with Gasteiger partial charge in [0.1, 0.15) is 5.82 Å². The van der Waals surface area contributed by atoms with Gasteiger partial charge in [0, 0.05) is 25.3 Å². The summed E-state index contributed by atoms with van der Waals surface area (Å²) in [6.45, 7) is 7.75. The minimum Gasteiger partial charge on any atom is -0.342 e. The van der Waals surface area contributed by atoms with E-state index in [1.165, 1.54) is 17.5 Å². The third-order valence-electron chi connectivity index (χ3n) is 5.47. The Morgan fingerprint density at radius 2 is 2.11 bits per heavy atom. The Kier molecular flexibility index (Phi) is 5.30. The molecule has 1 unspecified atom stereocenters. The second-order valence-corrected chi connectivity index (χ2v) is 7.58. The van der Waals surface area contributed by atoms with Crippen LogP contribution in [0.2, 0.25) is 0 Å². The van der Waals surface area contributed by atoms with Gasteiger partial charge in [-0.15, -0.1) is 0 Å². The highest BCUT2D eigenvalue weighted by Crippen LogP contribution is 2.28. The van der Waals surface area contributed by atoms with Gasteiger partial charge in [-0.2, -0.15) is 0 Å². The molecule has 1 aromatic heterocycles. The van der Waals surface area contributed by atoms with Crippen molar-refractivity contribution in [3.8, 4) is 0 Å². The third kappa shape index (κ3) is 4.17. The Bertz CT molecular complexity index is 980. The maximum Gasteiger partial charge on any atom is 0.319 e. The number of H-pyrrole nitrogens is 1. The summed E-state index contributed by atoms with van der Waals surface area (Å²) in [5.74, 6) is 1.46. The molecule has 2 aromatic carbocycles. The predicted molar refractivity (Wildman–Crippen MR) is 113 cm³/mol. The van der Waals surface area contributed by atoms with Crippen LogP contribution in [0.4, 0.5) is 10.5 Å². The fourth-order valence-electron chi connectivity index (χ4n) is 4.05. The van der Waals surface area contributed by atoms with Crippen molar-refractivity contribution >= 4 is 22.8 Å². The number of aromatic amines is 1. The molecule has 3 N–H and O–H groups in total. The quantitative estimate of drug-likeness (QED) is 0.633. The lowest BCUT2D eigenvalue weighted by atomic mass is 9.94. The number of anilines is 1. The van der Waals surface area contributed by atoms with Gasteiger partial charge in [0.25, 0.3) is 0 Å². The number of likely N-dealkylation sites (tertiary alicyclic amines) is 1. The van der Waals surface area contributed by atoms with Crippen LogP contribution in [-0.2, 0) is 0 Å². The molecule has 0 aliphatic carbocycles. The van der Waals surface area contributed by atoms with Crippen LogP contribution in [0.5, 0.6) is 0 Å². The number of imidazole rings is 1. The van der Waals surface area contributed by atoms with Crippen molar-refractivity contribution < 1.29 is 4.79 Å². The van der Waals surface area contributed by atoms with E-state index < -0.39 is 0 Å². The van der Waals surface area contributed by atoms with Gasteiger partial charge in [-0.05, 0) is 62.1 Å². The summed E-state index contributed by atoms with van der Waals surface area (Å²) in [5.41, 5.74) is 5.42. The summed E-state index contributed by atoms with van der Waals surface area (Å²) in [5, 5.41) is 5.85. The smallest absolute Gasteiger partial charge is 0.319 e. The molecule has 0 radical (unpaired) electrons. The molecule has 1 atom stereocenters. The van der Waals surface area contributed by atoms with Crippen LogP contribution in [0.1, 0.15) is 29.3 Å². The topological polar surface area (TPSA) is 73.1 Å². The highest BCUT2D eigenvalue weighted by atomic mass is 16.2. The SMILES string of the molecule is Cc1nc2ccc(NC(=O)NCCN3CCC(c4ccccc4C)C3)cc2[nH]1. The molecule has 6 heteroatoms. The first-order valence-electron chi connectivity index (χ1n) is 9.87. The molecular weight excluding hydrogens is 350 g/mol. The van der Waals surface area contributed by atoms with Gasteiger partial charge in [-0.25, -0.2) is 9.78 Å². The molecule has 3 aromatic rings. The number of hydrogen-bond acceptors (Lipinski definition) is 3. The molecule has 0 saturated carbocycles. The van der Waals surface area contributed by atoms with Gasteiger partial charge < -0.3 is 20.5 Å². The lowest BCUT2D eigenvalue weighted by Crippen LogP contribution is -2.36. The zero-order chi connectivity index (χ0) is 19.5. The number of benzene rings is 2. The molecule has 0 bridgehead atoms. The van der Waals surface area contributed by atoms with Crippen molar-refractivity contribution in [3.05, 3.63) is 59.4 Å². The van der Waals surface area contributed by atoms with Crippen molar-refractivity contribution in [3.63, 3.8) is 0 Å². The van der Waals surface area contributed by atoms with E-state index in [0.29, 0.717) is 12.5 Å². The fraction of sp³-hybridized carbons (Fsp3) is 0.364. The molecule has 146 valence electrons. The molecule has 2 amide bonds. The van der Waals surface area contributed by atoms with E-state index in [-0.39, 0.29) is 6.03 Å². The van der Waals surface area contributed by atoms with Crippen LogP contribution in [0.25, 0.3) is 11.0 Å². The number of aromatic nitrogens is 2. The summed E-state index contributed by atoms with van der Waals surface area (Å²) in [7, 11) is 0. The van der Waals surface area contributed by atoms with Crippen molar-refractivity contribution in [1.29, 1.82) is 0 Å². The predicted octanol–water partition coefficient (Wildman–Crippen LogP) is 3.79. The van der Waals surface area contributed by atoms with Gasteiger partial charge in [-0.3, -0.25) is 0 Å². The highest BCUT2D eigenvalue weighted by molar-refractivity contribution is 5.91. The monoisotopic (exact) mass is 377 g/mol.